The summed E-state index contributed by atoms with van der Waals surface area (Å²) in [7, 11) is 1.46. The maximum Gasteiger partial charge on any atom is 0.201 e. The number of hydrazine groups is 1. The van der Waals surface area contributed by atoms with E-state index in [0.717, 1.165) is 6.07 Å². The molecule has 4 nitrogen and oxygen atoms in total. The van der Waals surface area contributed by atoms with Crippen molar-refractivity contribution in [2.75, 3.05) is 12.5 Å². The molecule has 0 aliphatic carbocycles. The molecule has 0 aliphatic heterocycles. The topological polar surface area (TPSA) is 56.5 Å². The van der Waals surface area contributed by atoms with Crippen molar-refractivity contribution in [3.05, 3.63) is 48.0 Å². The molecule has 100 valence electrons. The molecule has 3 N–H and O–H groups in total. The van der Waals surface area contributed by atoms with Gasteiger partial charge >= 0.3 is 0 Å². The number of benzene rings is 2. The zero-order valence-corrected chi connectivity index (χ0v) is 10.1. The van der Waals surface area contributed by atoms with E-state index in [1.165, 1.54) is 25.3 Å². The molecule has 0 atom stereocenters. The van der Waals surface area contributed by atoms with Gasteiger partial charge in [0.05, 0.1) is 12.8 Å². The van der Waals surface area contributed by atoms with E-state index in [1.54, 1.807) is 12.1 Å². The van der Waals surface area contributed by atoms with Gasteiger partial charge in [0.25, 0.3) is 0 Å². The lowest BCUT2D eigenvalue weighted by molar-refractivity contribution is 0.400. The Morgan fingerprint density at radius 3 is 2.58 bits per heavy atom. The average Bonchev–Trinajstić information content (AvgIpc) is 2.43. The van der Waals surface area contributed by atoms with Crippen LogP contribution < -0.4 is 20.7 Å². The van der Waals surface area contributed by atoms with Gasteiger partial charge in [-0.3, -0.25) is 5.84 Å². The highest BCUT2D eigenvalue weighted by Gasteiger charge is 2.11. The molecule has 0 radical (unpaired) electrons. The third-order valence-corrected chi connectivity index (χ3v) is 2.47. The van der Waals surface area contributed by atoms with Crippen LogP contribution in [0.4, 0.5) is 14.5 Å². The van der Waals surface area contributed by atoms with Crippen LogP contribution in [-0.4, -0.2) is 7.11 Å². The van der Waals surface area contributed by atoms with Gasteiger partial charge in [0.1, 0.15) is 11.5 Å². The van der Waals surface area contributed by atoms with E-state index in [9.17, 15) is 8.78 Å². The molecule has 0 aromatic heterocycles. The number of nitrogens with one attached hydrogen (secondary N) is 1. The molecule has 0 saturated heterocycles. The van der Waals surface area contributed by atoms with E-state index in [2.05, 4.69) is 5.43 Å². The molecule has 0 saturated carbocycles. The van der Waals surface area contributed by atoms with Gasteiger partial charge in [0.2, 0.25) is 5.82 Å². The lowest BCUT2D eigenvalue weighted by atomic mass is 10.2. The molecular formula is C13H12F2N2O2. The van der Waals surface area contributed by atoms with Crippen molar-refractivity contribution in [2.45, 2.75) is 0 Å². The molecule has 0 fully saturated rings. The molecule has 2 aromatic carbocycles. The summed E-state index contributed by atoms with van der Waals surface area (Å²) in [6, 6.07) is 8.39. The molecule has 6 heteroatoms. The van der Waals surface area contributed by atoms with Gasteiger partial charge in [0.15, 0.2) is 11.6 Å². The number of nitrogen functional groups attached to an aromatic ring is 1. The molecule has 0 bridgehead atoms. The number of hydrogen-bond donors (Lipinski definition) is 2. The quantitative estimate of drug-likeness (QED) is 0.659. The van der Waals surface area contributed by atoms with E-state index in [-0.39, 0.29) is 5.75 Å². The zero-order chi connectivity index (χ0) is 13.8. The maximum absolute atomic E-state index is 13.5. The SMILES string of the molecule is COc1cc(Oc2cccc(F)c2F)ccc1NN. The van der Waals surface area contributed by atoms with E-state index in [4.69, 9.17) is 15.3 Å². The second-order valence-electron chi connectivity index (χ2n) is 3.66. The van der Waals surface area contributed by atoms with Gasteiger partial charge in [-0.15, -0.1) is 0 Å². The summed E-state index contributed by atoms with van der Waals surface area (Å²) in [4.78, 5) is 0. The van der Waals surface area contributed by atoms with E-state index in [0.29, 0.717) is 17.2 Å². The monoisotopic (exact) mass is 266 g/mol. The lowest BCUT2D eigenvalue weighted by Crippen LogP contribution is -2.08. The molecular weight excluding hydrogens is 254 g/mol. The third kappa shape index (κ3) is 2.74. The highest BCUT2D eigenvalue weighted by Crippen LogP contribution is 2.32. The number of rotatable bonds is 4. The summed E-state index contributed by atoms with van der Waals surface area (Å²) < 4.78 is 36.8. The van der Waals surface area contributed by atoms with Crippen LogP contribution in [-0.2, 0) is 0 Å². The lowest BCUT2D eigenvalue weighted by Gasteiger charge is -2.11. The third-order valence-electron chi connectivity index (χ3n) is 2.47. The molecule has 2 aromatic rings. The van der Waals surface area contributed by atoms with Crippen molar-refractivity contribution in [1.29, 1.82) is 0 Å². The molecule has 0 heterocycles. The molecule has 0 spiro atoms. The van der Waals surface area contributed by atoms with Gasteiger partial charge < -0.3 is 14.9 Å². The Morgan fingerprint density at radius 1 is 1.11 bits per heavy atom. The van der Waals surface area contributed by atoms with Crippen LogP contribution in [0.1, 0.15) is 0 Å². The smallest absolute Gasteiger partial charge is 0.201 e. The van der Waals surface area contributed by atoms with Gasteiger partial charge in [-0.25, -0.2) is 4.39 Å². The summed E-state index contributed by atoms with van der Waals surface area (Å²) >= 11 is 0. The number of halogens is 2. The Bertz CT molecular complexity index is 591. The van der Waals surface area contributed by atoms with Crippen molar-refractivity contribution in [1.82, 2.24) is 0 Å². The van der Waals surface area contributed by atoms with Crippen LogP contribution in [0, 0.1) is 11.6 Å². The van der Waals surface area contributed by atoms with Gasteiger partial charge in [-0.1, -0.05) is 6.07 Å². The second kappa shape index (κ2) is 5.53. The highest BCUT2D eigenvalue weighted by molar-refractivity contribution is 5.58. The van der Waals surface area contributed by atoms with Gasteiger partial charge in [0, 0.05) is 6.07 Å². The molecule has 2 rings (SSSR count). The molecule has 0 unspecified atom stereocenters. The number of ether oxygens (including phenoxy) is 2. The van der Waals surface area contributed by atoms with Crippen molar-refractivity contribution in [3.8, 4) is 17.2 Å². The first-order valence-electron chi connectivity index (χ1n) is 5.42. The number of nitrogens with two attached hydrogens (primary N) is 1. The predicted octanol–water partition coefficient (Wildman–Crippen LogP) is 3.05. The van der Waals surface area contributed by atoms with Crippen LogP contribution in [0.3, 0.4) is 0 Å². The Kier molecular flexibility index (Phi) is 3.82. The number of methoxy groups -OCH3 is 1. The summed E-state index contributed by atoms with van der Waals surface area (Å²) in [6.45, 7) is 0. The predicted molar refractivity (Wildman–Crippen MR) is 67.2 cm³/mol. The first-order chi connectivity index (χ1) is 9.15. The van der Waals surface area contributed by atoms with Gasteiger partial charge in [-0.2, -0.15) is 4.39 Å². The summed E-state index contributed by atoms with van der Waals surface area (Å²) in [5.41, 5.74) is 2.99. The maximum atomic E-state index is 13.5. The minimum atomic E-state index is -1.04. The van der Waals surface area contributed by atoms with Crippen LogP contribution >= 0.6 is 0 Å². The minimum absolute atomic E-state index is 0.199. The van der Waals surface area contributed by atoms with Crippen molar-refractivity contribution < 1.29 is 18.3 Å². The standard InChI is InChI=1S/C13H12F2N2O2/c1-18-12-7-8(5-6-10(12)17-16)19-11-4-2-3-9(14)13(11)15/h2-7,17H,16H2,1H3. The fourth-order valence-corrected chi connectivity index (χ4v) is 1.54. The van der Waals surface area contributed by atoms with Crippen LogP contribution in [0.15, 0.2) is 36.4 Å². The number of hydrogen-bond acceptors (Lipinski definition) is 4. The highest BCUT2D eigenvalue weighted by atomic mass is 19.2. The second-order valence-corrected chi connectivity index (χ2v) is 3.66. The minimum Gasteiger partial charge on any atom is -0.494 e. The first kappa shape index (κ1) is 13.1. The number of anilines is 1. The van der Waals surface area contributed by atoms with Gasteiger partial charge in [-0.05, 0) is 24.3 Å². The summed E-state index contributed by atoms with van der Waals surface area (Å²) in [6.07, 6.45) is 0. The normalized spacial score (nSPS) is 10.1. The van der Waals surface area contributed by atoms with E-state index in [1.807, 2.05) is 0 Å². The summed E-state index contributed by atoms with van der Waals surface area (Å²) in [5.74, 6) is 3.82. The first-order valence-corrected chi connectivity index (χ1v) is 5.42. The Balaban J connectivity index is 2.31. The molecule has 0 amide bonds. The van der Waals surface area contributed by atoms with Crippen LogP contribution in [0.5, 0.6) is 17.2 Å². The van der Waals surface area contributed by atoms with E-state index >= 15 is 0 Å². The van der Waals surface area contributed by atoms with Crippen molar-refractivity contribution in [3.63, 3.8) is 0 Å². The fraction of sp³-hybridized carbons (Fsp3) is 0.0769. The Labute approximate surface area is 108 Å². The molecule has 19 heavy (non-hydrogen) atoms. The fourth-order valence-electron chi connectivity index (χ4n) is 1.54. The van der Waals surface area contributed by atoms with E-state index < -0.39 is 11.6 Å². The van der Waals surface area contributed by atoms with Crippen LogP contribution in [0.25, 0.3) is 0 Å². The Hall–Kier alpha value is -2.34. The summed E-state index contributed by atoms with van der Waals surface area (Å²) in [5, 5.41) is 0. The zero-order valence-electron chi connectivity index (χ0n) is 10.1. The Morgan fingerprint density at radius 2 is 1.89 bits per heavy atom. The van der Waals surface area contributed by atoms with Crippen molar-refractivity contribution >= 4 is 5.69 Å². The van der Waals surface area contributed by atoms with Crippen molar-refractivity contribution in [2.24, 2.45) is 5.84 Å². The average molecular weight is 266 g/mol. The largest absolute Gasteiger partial charge is 0.494 e. The van der Waals surface area contributed by atoms with Crippen LogP contribution in [0.2, 0.25) is 0 Å². The molecule has 0 aliphatic rings.